The fourth-order valence-electron chi connectivity index (χ4n) is 4.89. The molecular weight excluding hydrogens is 549 g/mol. The number of alkyl halides is 3. The lowest BCUT2D eigenvalue weighted by atomic mass is 9.84. The molecule has 0 saturated carbocycles. The van der Waals surface area contributed by atoms with Crippen molar-refractivity contribution < 1.29 is 32.2 Å². The largest absolute Gasteiger partial charge is 0.494 e. The van der Waals surface area contributed by atoms with Gasteiger partial charge in [0.05, 0.1) is 18.8 Å². The lowest BCUT2D eigenvalue weighted by molar-refractivity contribution is -0.140. The number of likely N-dealkylation sites (tertiary alicyclic amines) is 1. The highest BCUT2D eigenvalue weighted by Gasteiger charge is 2.38. The molecule has 1 atom stereocenters. The molecular formula is C28H26ClF3N4O4. The average molecular weight is 575 g/mol. The Labute approximate surface area is 232 Å². The van der Waals surface area contributed by atoms with E-state index in [4.69, 9.17) is 26.5 Å². The fraction of sp³-hybridized carbons (Fsp3) is 0.321. The molecule has 1 amide bonds. The molecule has 2 aromatic heterocycles. The van der Waals surface area contributed by atoms with Crippen LogP contribution in [0.25, 0.3) is 22.4 Å². The van der Waals surface area contributed by atoms with Crippen molar-refractivity contribution >= 4 is 28.4 Å². The molecule has 4 aromatic rings. The van der Waals surface area contributed by atoms with E-state index in [9.17, 15) is 23.1 Å². The van der Waals surface area contributed by atoms with Crippen LogP contribution in [0.2, 0.25) is 5.02 Å². The number of hydrogen-bond acceptors (Lipinski definition) is 7. The topological polar surface area (TPSA) is 115 Å². The molecule has 1 aliphatic heterocycles. The Bertz CT molecular complexity index is 1560. The summed E-state index contributed by atoms with van der Waals surface area (Å²) in [6.07, 6.45) is -4.04. The zero-order valence-corrected chi connectivity index (χ0v) is 22.4. The molecule has 1 aliphatic rings. The van der Waals surface area contributed by atoms with Crippen LogP contribution in [0.1, 0.15) is 53.3 Å². The van der Waals surface area contributed by atoms with Crippen molar-refractivity contribution in [2.24, 2.45) is 5.73 Å². The number of halogens is 4. The summed E-state index contributed by atoms with van der Waals surface area (Å²) in [6, 6.07) is 11.4. The van der Waals surface area contributed by atoms with Crippen molar-refractivity contribution in [3.05, 3.63) is 76.3 Å². The molecule has 0 spiro atoms. The lowest BCUT2D eigenvalue weighted by Gasteiger charge is -2.38. The number of piperidine rings is 1. The van der Waals surface area contributed by atoms with Gasteiger partial charge in [-0.2, -0.15) is 13.2 Å². The number of oxazole rings is 1. The van der Waals surface area contributed by atoms with Crippen LogP contribution in [0.4, 0.5) is 13.2 Å². The number of nitrogens with zero attached hydrogens (tertiary/aromatic N) is 3. The van der Waals surface area contributed by atoms with Gasteiger partial charge in [-0.15, -0.1) is 0 Å². The Kier molecular flexibility index (Phi) is 7.24. The lowest BCUT2D eigenvalue weighted by Crippen LogP contribution is -2.45. The van der Waals surface area contributed by atoms with Gasteiger partial charge in [0.25, 0.3) is 5.91 Å². The second-order valence-corrected chi connectivity index (χ2v) is 10.2. The Hall–Kier alpha value is -3.67. The molecule has 3 N–H and O–H groups in total. The van der Waals surface area contributed by atoms with Gasteiger partial charge in [0, 0.05) is 29.1 Å². The molecule has 2 aromatic carbocycles. The minimum absolute atomic E-state index is 0.00534. The maximum Gasteiger partial charge on any atom is 0.433 e. The van der Waals surface area contributed by atoms with Gasteiger partial charge >= 0.3 is 6.18 Å². The Morgan fingerprint density at radius 3 is 2.40 bits per heavy atom. The summed E-state index contributed by atoms with van der Waals surface area (Å²) in [5.41, 5.74) is 4.97. The third kappa shape index (κ3) is 5.12. The van der Waals surface area contributed by atoms with Gasteiger partial charge in [0.15, 0.2) is 11.5 Å². The molecule has 0 bridgehead atoms. The second-order valence-electron chi connectivity index (χ2n) is 9.76. The van der Waals surface area contributed by atoms with E-state index in [1.54, 1.807) is 42.2 Å². The van der Waals surface area contributed by atoms with Crippen molar-refractivity contribution in [3.8, 4) is 17.2 Å². The zero-order valence-electron chi connectivity index (χ0n) is 21.6. The number of methoxy groups -OCH3 is 1. The normalized spacial score (nSPS) is 16.2. The molecule has 1 saturated heterocycles. The van der Waals surface area contributed by atoms with Crippen LogP contribution in [-0.2, 0) is 11.8 Å². The van der Waals surface area contributed by atoms with Crippen LogP contribution in [0.3, 0.4) is 0 Å². The van der Waals surface area contributed by atoms with Crippen LogP contribution in [0.5, 0.6) is 5.75 Å². The van der Waals surface area contributed by atoms with Gasteiger partial charge < -0.3 is 24.9 Å². The van der Waals surface area contributed by atoms with Crippen molar-refractivity contribution in [3.63, 3.8) is 0 Å². The van der Waals surface area contributed by atoms with Crippen LogP contribution in [0, 0.1) is 0 Å². The standard InChI is InChI=1S/C28H26ClF3N4O4/c1-15(33)24-23(26(37)36-13-11-27(38,12-14-36)16-3-5-17(29)6-4-16)35-25(40-24)19-7-9-20(39-2)22-18(19)8-10-21(34-22)28(30,31)32/h3-10,15,38H,11-14,33H2,1-2H3. The summed E-state index contributed by atoms with van der Waals surface area (Å²) < 4.78 is 51.2. The minimum Gasteiger partial charge on any atom is -0.494 e. The number of carbonyl (C=O) groups excluding carboxylic acids is 1. The summed E-state index contributed by atoms with van der Waals surface area (Å²) in [4.78, 5) is 23.4. The van der Waals surface area contributed by atoms with Crippen LogP contribution in [-0.4, -0.2) is 46.1 Å². The van der Waals surface area contributed by atoms with E-state index in [1.165, 1.54) is 19.2 Å². The molecule has 12 heteroatoms. The van der Waals surface area contributed by atoms with Crippen molar-refractivity contribution in [1.29, 1.82) is 0 Å². The summed E-state index contributed by atoms with van der Waals surface area (Å²) in [6.45, 7) is 2.15. The molecule has 5 rings (SSSR count). The molecule has 40 heavy (non-hydrogen) atoms. The molecule has 8 nitrogen and oxygen atoms in total. The quantitative estimate of drug-likeness (QED) is 0.313. The van der Waals surface area contributed by atoms with Gasteiger partial charge in [0.1, 0.15) is 17.0 Å². The smallest absolute Gasteiger partial charge is 0.433 e. The number of hydrogen-bond donors (Lipinski definition) is 2. The van der Waals surface area contributed by atoms with Gasteiger partial charge in [-0.25, -0.2) is 9.97 Å². The van der Waals surface area contributed by atoms with E-state index in [0.717, 1.165) is 11.6 Å². The molecule has 210 valence electrons. The molecule has 1 fully saturated rings. The van der Waals surface area contributed by atoms with Gasteiger partial charge in [-0.05, 0) is 61.7 Å². The number of benzene rings is 2. The fourth-order valence-corrected chi connectivity index (χ4v) is 5.01. The highest BCUT2D eigenvalue weighted by atomic mass is 35.5. The number of nitrogens with two attached hydrogens (primary N) is 1. The first-order chi connectivity index (χ1) is 18.9. The van der Waals surface area contributed by atoms with Crippen LogP contribution >= 0.6 is 11.6 Å². The van der Waals surface area contributed by atoms with Gasteiger partial charge in [-0.1, -0.05) is 23.7 Å². The second kappa shape index (κ2) is 10.4. The monoisotopic (exact) mass is 574 g/mol. The summed E-state index contributed by atoms with van der Waals surface area (Å²) >= 11 is 5.97. The number of amides is 1. The number of pyridine rings is 1. The molecule has 3 heterocycles. The molecule has 0 radical (unpaired) electrons. The van der Waals surface area contributed by atoms with E-state index in [-0.39, 0.29) is 41.7 Å². The SMILES string of the molecule is COc1ccc(-c2nc(C(=O)N3CCC(O)(c4ccc(Cl)cc4)CC3)c(C(C)N)o2)c2ccc(C(F)(F)F)nc12. The maximum atomic E-state index is 13.6. The number of aromatic nitrogens is 2. The number of ether oxygens (including phenoxy) is 1. The zero-order chi connectivity index (χ0) is 28.8. The van der Waals surface area contributed by atoms with Crippen molar-refractivity contribution in [2.75, 3.05) is 20.2 Å². The first kappa shape index (κ1) is 27.9. The number of carbonyl (C=O) groups is 1. The van der Waals surface area contributed by atoms with Crippen molar-refractivity contribution in [1.82, 2.24) is 14.9 Å². The third-order valence-electron chi connectivity index (χ3n) is 7.09. The maximum absolute atomic E-state index is 13.6. The highest BCUT2D eigenvalue weighted by Crippen LogP contribution is 2.38. The predicted molar refractivity (Wildman–Crippen MR) is 142 cm³/mol. The van der Waals surface area contributed by atoms with E-state index in [0.29, 0.717) is 28.8 Å². The third-order valence-corrected chi connectivity index (χ3v) is 7.34. The van der Waals surface area contributed by atoms with E-state index >= 15 is 0 Å². The van der Waals surface area contributed by atoms with Gasteiger partial charge in [-0.3, -0.25) is 4.79 Å². The van der Waals surface area contributed by atoms with Gasteiger partial charge in [0.2, 0.25) is 5.89 Å². The number of rotatable bonds is 5. The number of aliphatic hydroxyl groups is 1. The van der Waals surface area contributed by atoms with E-state index < -0.39 is 29.4 Å². The first-order valence-corrected chi connectivity index (χ1v) is 12.9. The highest BCUT2D eigenvalue weighted by molar-refractivity contribution is 6.30. The summed E-state index contributed by atoms with van der Waals surface area (Å²) in [5, 5.41) is 12.1. The summed E-state index contributed by atoms with van der Waals surface area (Å²) in [7, 11) is 1.33. The molecule has 0 aliphatic carbocycles. The van der Waals surface area contributed by atoms with Crippen molar-refractivity contribution in [2.45, 2.75) is 37.6 Å². The van der Waals surface area contributed by atoms with Crippen LogP contribution < -0.4 is 10.5 Å². The number of fused-ring (bicyclic) bond motifs is 1. The molecule has 1 unspecified atom stereocenters. The van der Waals surface area contributed by atoms with E-state index in [2.05, 4.69) is 9.97 Å². The average Bonchev–Trinajstić information content (AvgIpc) is 3.38. The Balaban J connectivity index is 1.47. The van der Waals surface area contributed by atoms with E-state index in [1.807, 2.05) is 0 Å². The first-order valence-electron chi connectivity index (χ1n) is 12.5. The van der Waals surface area contributed by atoms with Crippen LogP contribution in [0.15, 0.2) is 52.9 Å². The summed E-state index contributed by atoms with van der Waals surface area (Å²) in [5.74, 6) is -0.126. The minimum atomic E-state index is -4.64. The Morgan fingerprint density at radius 1 is 1.12 bits per heavy atom. The predicted octanol–water partition coefficient (Wildman–Crippen LogP) is 5.71. The Morgan fingerprint density at radius 2 is 1.80 bits per heavy atom.